The average Bonchev–Trinajstić information content (AvgIpc) is 2.27. The van der Waals surface area contributed by atoms with Crippen molar-refractivity contribution in [2.24, 2.45) is 0 Å². The van der Waals surface area contributed by atoms with E-state index in [1.54, 1.807) is 19.0 Å². The van der Waals surface area contributed by atoms with Crippen LogP contribution in [-0.4, -0.2) is 24.9 Å². The third-order valence-electron chi connectivity index (χ3n) is 2.34. The largest absolute Gasteiger partial charge is 0.345 e. The van der Waals surface area contributed by atoms with E-state index in [1.165, 1.54) is 0 Å². The molecule has 0 bridgehead atoms. The van der Waals surface area contributed by atoms with Crippen LogP contribution in [0, 0.1) is 0 Å². The van der Waals surface area contributed by atoms with Gasteiger partial charge in [0.25, 0.3) is 5.91 Å². The number of thiol groups is 1. The van der Waals surface area contributed by atoms with Crippen LogP contribution >= 0.6 is 12.6 Å². The van der Waals surface area contributed by atoms with Crippen molar-refractivity contribution in [2.45, 2.75) is 18.6 Å². The predicted octanol–water partition coefficient (Wildman–Crippen LogP) is 2.77. The van der Waals surface area contributed by atoms with Crippen LogP contribution in [0.25, 0.3) is 0 Å². The molecule has 2 nitrogen and oxygen atoms in total. The van der Waals surface area contributed by atoms with Gasteiger partial charge in [0.15, 0.2) is 0 Å². The first-order valence-electron chi connectivity index (χ1n) is 5.06. The van der Waals surface area contributed by atoms with Gasteiger partial charge in [-0.1, -0.05) is 19.1 Å². The van der Waals surface area contributed by atoms with Crippen molar-refractivity contribution in [2.75, 3.05) is 14.1 Å². The molecule has 0 radical (unpaired) electrons. The number of amides is 1. The summed E-state index contributed by atoms with van der Waals surface area (Å²) in [4.78, 5) is 13.2. The smallest absolute Gasteiger partial charge is 0.253 e. The molecule has 0 spiro atoms. The Kier molecular flexibility index (Phi) is 4.21. The lowest BCUT2D eigenvalue weighted by Gasteiger charge is -2.12. The molecule has 0 aromatic heterocycles. The fourth-order valence-electron chi connectivity index (χ4n) is 1.34. The molecule has 1 aromatic rings. The summed E-state index contributed by atoms with van der Waals surface area (Å²) in [5.74, 6) is 0.0359. The van der Waals surface area contributed by atoms with E-state index in [2.05, 4.69) is 19.6 Å². The molecule has 1 aromatic carbocycles. The van der Waals surface area contributed by atoms with Crippen LogP contribution in [-0.2, 0) is 0 Å². The first-order chi connectivity index (χ1) is 7.06. The number of carbonyl (C=O) groups is 1. The summed E-state index contributed by atoms with van der Waals surface area (Å²) in [6.07, 6.45) is 0.990. The Morgan fingerprint density at radius 3 is 2.27 bits per heavy atom. The number of hydrogen-bond donors (Lipinski definition) is 1. The molecule has 0 saturated carbocycles. The highest BCUT2D eigenvalue weighted by Gasteiger charge is 2.08. The van der Waals surface area contributed by atoms with Gasteiger partial charge in [0.1, 0.15) is 0 Å². The van der Waals surface area contributed by atoms with E-state index < -0.39 is 0 Å². The number of rotatable bonds is 3. The second-order valence-electron chi connectivity index (χ2n) is 3.75. The molecule has 0 aliphatic heterocycles. The van der Waals surface area contributed by atoms with E-state index in [9.17, 15) is 4.79 Å². The topological polar surface area (TPSA) is 20.3 Å². The number of carbonyl (C=O) groups excluding carboxylic acids is 1. The van der Waals surface area contributed by atoms with Gasteiger partial charge in [-0.25, -0.2) is 0 Å². The van der Waals surface area contributed by atoms with Gasteiger partial charge < -0.3 is 4.90 Å². The highest BCUT2D eigenvalue weighted by molar-refractivity contribution is 7.80. The van der Waals surface area contributed by atoms with E-state index in [-0.39, 0.29) is 11.2 Å². The third kappa shape index (κ3) is 2.99. The zero-order chi connectivity index (χ0) is 11.4. The van der Waals surface area contributed by atoms with Crippen LogP contribution in [0.4, 0.5) is 0 Å². The van der Waals surface area contributed by atoms with E-state index in [0.29, 0.717) is 0 Å². The maximum atomic E-state index is 11.6. The van der Waals surface area contributed by atoms with Crippen molar-refractivity contribution < 1.29 is 4.79 Å². The Morgan fingerprint density at radius 1 is 1.33 bits per heavy atom. The Morgan fingerprint density at radius 2 is 1.87 bits per heavy atom. The molecular weight excluding hydrogens is 206 g/mol. The molecule has 1 atom stereocenters. The van der Waals surface area contributed by atoms with E-state index in [4.69, 9.17) is 0 Å². The standard InChI is InChI=1S/C12H17NOS/c1-4-11(15)9-5-7-10(8-6-9)12(14)13(2)3/h5-8,11,15H,4H2,1-3H3. The minimum atomic E-state index is 0.0359. The van der Waals surface area contributed by atoms with Crippen LogP contribution in [0.5, 0.6) is 0 Å². The first-order valence-corrected chi connectivity index (χ1v) is 5.57. The van der Waals surface area contributed by atoms with Gasteiger partial charge in [0, 0.05) is 24.9 Å². The molecule has 0 N–H and O–H groups in total. The summed E-state index contributed by atoms with van der Waals surface area (Å²) in [5.41, 5.74) is 1.89. The highest BCUT2D eigenvalue weighted by Crippen LogP contribution is 2.23. The van der Waals surface area contributed by atoms with Crippen LogP contribution in [0.2, 0.25) is 0 Å². The van der Waals surface area contributed by atoms with Gasteiger partial charge in [-0.05, 0) is 24.1 Å². The van der Waals surface area contributed by atoms with E-state index in [0.717, 1.165) is 17.5 Å². The maximum absolute atomic E-state index is 11.6. The van der Waals surface area contributed by atoms with Crippen molar-refractivity contribution >= 4 is 18.5 Å². The highest BCUT2D eigenvalue weighted by atomic mass is 32.1. The van der Waals surface area contributed by atoms with Crippen molar-refractivity contribution in [1.82, 2.24) is 4.90 Å². The SMILES string of the molecule is CCC(S)c1ccc(C(=O)N(C)C)cc1. The second-order valence-corrected chi connectivity index (χ2v) is 4.37. The maximum Gasteiger partial charge on any atom is 0.253 e. The molecule has 1 rings (SSSR count). The summed E-state index contributed by atoms with van der Waals surface area (Å²) in [7, 11) is 3.51. The molecule has 0 aliphatic carbocycles. The molecule has 3 heteroatoms. The molecule has 1 amide bonds. The molecule has 82 valence electrons. The lowest BCUT2D eigenvalue weighted by Crippen LogP contribution is -2.21. The van der Waals surface area contributed by atoms with Gasteiger partial charge in [-0.15, -0.1) is 0 Å². The molecule has 1 unspecified atom stereocenters. The summed E-state index contributed by atoms with van der Waals surface area (Å²) in [6.45, 7) is 2.09. The molecule has 0 saturated heterocycles. The minimum Gasteiger partial charge on any atom is -0.345 e. The van der Waals surface area contributed by atoms with Gasteiger partial charge in [-0.2, -0.15) is 12.6 Å². The lowest BCUT2D eigenvalue weighted by atomic mass is 10.1. The van der Waals surface area contributed by atoms with Gasteiger partial charge in [-0.3, -0.25) is 4.79 Å². The second kappa shape index (κ2) is 5.21. The summed E-state index contributed by atoms with van der Waals surface area (Å²) >= 11 is 4.45. The van der Waals surface area contributed by atoms with E-state index in [1.807, 2.05) is 24.3 Å². The fourth-order valence-corrected chi connectivity index (χ4v) is 1.51. The van der Waals surface area contributed by atoms with Crippen LogP contribution in [0.3, 0.4) is 0 Å². The average molecular weight is 223 g/mol. The van der Waals surface area contributed by atoms with Crippen LogP contribution in [0.15, 0.2) is 24.3 Å². The zero-order valence-corrected chi connectivity index (χ0v) is 10.3. The number of nitrogens with zero attached hydrogens (tertiary/aromatic N) is 1. The number of hydrogen-bond acceptors (Lipinski definition) is 2. The van der Waals surface area contributed by atoms with Crippen molar-refractivity contribution in [3.8, 4) is 0 Å². The van der Waals surface area contributed by atoms with Crippen molar-refractivity contribution in [3.05, 3.63) is 35.4 Å². The molecule has 0 fully saturated rings. The number of benzene rings is 1. The quantitative estimate of drug-likeness (QED) is 0.781. The van der Waals surface area contributed by atoms with Crippen molar-refractivity contribution in [1.29, 1.82) is 0 Å². The van der Waals surface area contributed by atoms with Gasteiger partial charge in [0.05, 0.1) is 0 Å². The Hall–Kier alpha value is -0.960. The fraction of sp³-hybridized carbons (Fsp3) is 0.417. The monoisotopic (exact) mass is 223 g/mol. The Labute approximate surface area is 96.7 Å². The van der Waals surface area contributed by atoms with Gasteiger partial charge in [0.2, 0.25) is 0 Å². The Bertz CT molecular complexity index is 332. The van der Waals surface area contributed by atoms with Crippen LogP contribution < -0.4 is 0 Å². The summed E-state index contributed by atoms with van der Waals surface area (Å²) in [5, 5.41) is 0.258. The van der Waals surface area contributed by atoms with Crippen LogP contribution in [0.1, 0.15) is 34.5 Å². The molecule has 15 heavy (non-hydrogen) atoms. The third-order valence-corrected chi connectivity index (χ3v) is 3.00. The molecule has 0 aliphatic rings. The molecular formula is C12H17NOS. The zero-order valence-electron chi connectivity index (χ0n) is 9.40. The lowest BCUT2D eigenvalue weighted by molar-refractivity contribution is 0.0827. The first kappa shape index (κ1) is 12.1. The van der Waals surface area contributed by atoms with Crippen molar-refractivity contribution in [3.63, 3.8) is 0 Å². The van der Waals surface area contributed by atoms with E-state index >= 15 is 0 Å². The normalized spacial score (nSPS) is 12.3. The molecule has 0 heterocycles. The Balaban J connectivity index is 2.85. The minimum absolute atomic E-state index is 0.0359. The van der Waals surface area contributed by atoms with Gasteiger partial charge >= 0.3 is 0 Å². The summed E-state index contributed by atoms with van der Waals surface area (Å²) < 4.78 is 0. The predicted molar refractivity (Wildman–Crippen MR) is 66.5 cm³/mol. The summed E-state index contributed by atoms with van der Waals surface area (Å²) in [6, 6.07) is 7.66.